The topological polar surface area (TPSA) is 75.2 Å². The largest absolute Gasteiger partial charge is 0.454 e. The number of hydrogen-bond donors (Lipinski definition) is 2. The van der Waals surface area contributed by atoms with Gasteiger partial charge in [0.25, 0.3) is 0 Å². The number of fused-ring (bicyclic) bond motifs is 1. The average Bonchev–Trinajstić information content (AvgIpc) is 3.25. The van der Waals surface area contributed by atoms with E-state index in [1.807, 2.05) is 24.0 Å². The maximum absolute atomic E-state index is 11.6. The van der Waals surface area contributed by atoms with Gasteiger partial charge in [-0.2, -0.15) is 0 Å². The average molecular weight is 553 g/mol. The highest BCUT2D eigenvalue weighted by Crippen LogP contribution is 2.40. The Kier molecular flexibility index (Phi) is 8.94. The van der Waals surface area contributed by atoms with Crippen LogP contribution in [0.2, 0.25) is 0 Å². The molecule has 1 aromatic rings. The van der Waals surface area contributed by atoms with Crippen LogP contribution in [0.5, 0.6) is 11.5 Å². The second-order valence-corrected chi connectivity index (χ2v) is 7.13. The number of nitrogens with one attached hydrogen (secondary N) is 2. The van der Waals surface area contributed by atoms with Crippen molar-refractivity contribution in [3.8, 4) is 11.5 Å². The van der Waals surface area contributed by atoms with Crippen LogP contribution in [0.15, 0.2) is 21.6 Å². The number of ether oxygens (including phenoxy) is 2. The first-order chi connectivity index (χ1) is 12.7. The molecule has 0 radical (unpaired) electrons. The first kappa shape index (κ1) is 22.1. The lowest BCUT2D eigenvalue weighted by atomic mass is 10.2. The summed E-state index contributed by atoms with van der Waals surface area (Å²) < 4.78 is 11.7. The number of nitrogens with zero attached hydrogens (tertiary/aromatic N) is 2. The van der Waals surface area contributed by atoms with Crippen LogP contribution in [-0.2, 0) is 11.3 Å². The third-order valence-electron chi connectivity index (χ3n) is 4.32. The van der Waals surface area contributed by atoms with E-state index in [2.05, 4.69) is 31.6 Å². The molecule has 0 spiro atoms. The number of aliphatic imine (C=N–C) groups is 1. The van der Waals surface area contributed by atoms with Crippen molar-refractivity contribution in [1.82, 2.24) is 15.5 Å². The third kappa shape index (κ3) is 6.13. The quantitative estimate of drug-likeness (QED) is 0.235. The Balaban J connectivity index is 0.00000261. The van der Waals surface area contributed by atoms with Gasteiger partial charge in [-0.25, -0.2) is 4.99 Å². The molecule has 1 saturated heterocycles. The van der Waals surface area contributed by atoms with Crippen molar-refractivity contribution in [1.29, 1.82) is 0 Å². The van der Waals surface area contributed by atoms with Crippen LogP contribution in [0.3, 0.4) is 0 Å². The van der Waals surface area contributed by atoms with Gasteiger partial charge in [0, 0.05) is 32.6 Å². The summed E-state index contributed by atoms with van der Waals surface area (Å²) in [5.74, 6) is 2.55. The summed E-state index contributed by atoms with van der Waals surface area (Å²) >= 11 is 3.51. The van der Waals surface area contributed by atoms with E-state index in [1.165, 1.54) is 0 Å². The second kappa shape index (κ2) is 10.9. The molecule has 9 heteroatoms. The highest BCUT2D eigenvalue weighted by molar-refractivity contribution is 14.0. The summed E-state index contributed by atoms with van der Waals surface area (Å²) in [6.07, 6.45) is 2.59. The molecule has 1 fully saturated rings. The van der Waals surface area contributed by atoms with Crippen molar-refractivity contribution < 1.29 is 14.3 Å². The SMILES string of the molecule is CCNC(=NCc1cc(Br)c2c(c1)OCO2)NCCCN1CCCC1=O.I. The van der Waals surface area contributed by atoms with Crippen molar-refractivity contribution in [3.05, 3.63) is 22.2 Å². The molecule has 2 aliphatic rings. The third-order valence-corrected chi connectivity index (χ3v) is 4.91. The van der Waals surface area contributed by atoms with Gasteiger partial charge in [-0.15, -0.1) is 24.0 Å². The second-order valence-electron chi connectivity index (χ2n) is 6.27. The Morgan fingerprint density at radius 1 is 1.33 bits per heavy atom. The number of benzene rings is 1. The number of halogens is 2. The standard InChI is InChI=1S/C18H25BrN4O3.HI/c1-2-20-18(21-6-4-8-23-7-3-5-16(23)24)22-11-13-9-14(19)17-15(10-13)25-12-26-17;/h9-10H,2-8,11-12H2,1H3,(H2,20,21,22);1H. The highest BCUT2D eigenvalue weighted by Gasteiger charge is 2.19. The fourth-order valence-electron chi connectivity index (χ4n) is 3.04. The molecular formula is C18H26BrIN4O3. The number of rotatable bonds is 7. The molecule has 0 aliphatic carbocycles. The predicted octanol–water partition coefficient (Wildman–Crippen LogP) is 2.86. The number of hydrogen-bond acceptors (Lipinski definition) is 4. The number of likely N-dealkylation sites (tertiary alicyclic amines) is 1. The molecule has 27 heavy (non-hydrogen) atoms. The van der Waals surface area contributed by atoms with Gasteiger partial charge in [0.1, 0.15) is 0 Å². The first-order valence-corrected chi connectivity index (χ1v) is 9.84. The summed E-state index contributed by atoms with van der Waals surface area (Å²) in [5.41, 5.74) is 1.04. The minimum atomic E-state index is 0. The van der Waals surface area contributed by atoms with Crippen molar-refractivity contribution in [2.24, 2.45) is 4.99 Å². The van der Waals surface area contributed by atoms with Crippen molar-refractivity contribution >= 4 is 51.8 Å². The van der Waals surface area contributed by atoms with Crippen LogP contribution in [0.1, 0.15) is 31.7 Å². The maximum atomic E-state index is 11.6. The molecule has 0 bridgehead atoms. The van der Waals surface area contributed by atoms with Crippen molar-refractivity contribution in [3.63, 3.8) is 0 Å². The number of amides is 1. The van der Waals surface area contributed by atoms with Crippen LogP contribution >= 0.6 is 39.9 Å². The van der Waals surface area contributed by atoms with Gasteiger partial charge in [-0.3, -0.25) is 4.79 Å². The normalized spacial score (nSPS) is 15.7. The van der Waals surface area contributed by atoms with E-state index in [0.29, 0.717) is 13.0 Å². The predicted molar refractivity (Wildman–Crippen MR) is 119 cm³/mol. The highest BCUT2D eigenvalue weighted by atomic mass is 127. The van der Waals surface area contributed by atoms with Gasteiger partial charge in [0.05, 0.1) is 11.0 Å². The maximum Gasteiger partial charge on any atom is 0.231 e. The van der Waals surface area contributed by atoms with E-state index in [-0.39, 0.29) is 36.7 Å². The zero-order valence-electron chi connectivity index (χ0n) is 15.4. The first-order valence-electron chi connectivity index (χ1n) is 9.05. The van der Waals surface area contributed by atoms with Gasteiger partial charge in [-0.05, 0) is 53.4 Å². The van der Waals surface area contributed by atoms with Crippen LogP contribution in [-0.4, -0.2) is 49.7 Å². The van der Waals surface area contributed by atoms with Crippen LogP contribution in [0.4, 0.5) is 0 Å². The van der Waals surface area contributed by atoms with E-state index in [4.69, 9.17) is 9.47 Å². The summed E-state index contributed by atoms with van der Waals surface area (Å²) in [7, 11) is 0. The van der Waals surface area contributed by atoms with E-state index >= 15 is 0 Å². The molecule has 2 aliphatic heterocycles. The van der Waals surface area contributed by atoms with Gasteiger partial charge in [-0.1, -0.05) is 0 Å². The number of guanidine groups is 1. The van der Waals surface area contributed by atoms with Crippen molar-refractivity contribution in [2.45, 2.75) is 32.7 Å². The molecule has 0 saturated carbocycles. The molecule has 0 unspecified atom stereocenters. The number of carbonyl (C=O) groups is 1. The Bertz CT molecular complexity index is 687. The summed E-state index contributed by atoms with van der Waals surface area (Å²) in [4.78, 5) is 18.2. The fourth-order valence-corrected chi connectivity index (χ4v) is 3.65. The minimum absolute atomic E-state index is 0. The smallest absolute Gasteiger partial charge is 0.231 e. The van der Waals surface area contributed by atoms with Gasteiger partial charge in [0.15, 0.2) is 17.5 Å². The molecule has 7 nitrogen and oxygen atoms in total. The fraction of sp³-hybridized carbons (Fsp3) is 0.556. The monoisotopic (exact) mass is 552 g/mol. The number of carbonyl (C=O) groups excluding carboxylic acids is 1. The van der Waals surface area contributed by atoms with E-state index in [1.54, 1.807) is 0 Å². The molecular weight excluding hydrogens is 527 g/mol. The molecule has 150 valence electrons. The Morgan fingerprint density at radius 2 is 2.19 bits per heavy atom. The molecule has 2 N–H and O–H groups in total. The lowest BCUT2D eigenvalue weighted by Crippen LogP contribution is -2.39. The van der Waals surface area contributed by atoms with Crippen LogP contribution in [0.25, 0.3) is 0 Å². The van der Waals surface area contributed by atoms with Crippen molar-refractivity contribution in [2.75, 3.05) is 33.0 Å². The Hall–Kier alpha value is -1.23. The molecule has 1 aromatic carbocycles. The lowest BCUT2D eigenvalue weighted by Gasteiger charge is -2.16. The molecule has 0 atom stereocenters. The van der Waals surface area contributed by atoms with E-state index in [0.717, 1.165) is 66.5 Å². The lowest BCUT2D eigenvalue weighted by molar-refractivity contribution is -0.127. The molecule has 2 heterocycles. The van der Waals surface area contributed by atoms with Gasteiger partial charge >= 0.3 is 0 Å². The molecule has 1 amide bonds. The summed E-state index contributed by atoms with van der Waals surface area (Å²) in [6, 6.07) is 3.96. The van der Waals surface area contributed by atoms with Gasteiger partial charge < -0.3 is 25.0 Å². The zero-order valence-corrected chi connectivity index (χ0v) is 19.3. The Morgan fingerprint density at radius 3 is 2.93 bits per heavy atom. The minimum Gasteiger partial charge on any atom is -0.454 e. The molecule has 0 aromatic heterocycles. The van der Waals surface area contributed by atoms with Crippen LogP contribution < -0.4 is 20.1 Å². The van der Waals surface area contributed by atoms with E-state index in [9.17, 15) is 4.79 Å². The van der Waals surface area contributed by atoms with Crippen LogP contribution in [0, 0.1) is 0 Å². The zero-order chi connectivity index (χ0) is 18.4. The molecule has 3 rings (SSSR count). The van der Waals surface area contributed by atoms with E-state index < -0.39 is 0 Å². The Labute approximate surface area is 185 Å². The summed E-state index contributed by atoms with van der Waals surface area (Å²) in [5, 5.41) is 6.58. The summed E-state index contributed by atoms with van der Waals surface area (Å²) in [6.45, 7) is 6.10. The van der Waals surface area contributed by atoms with Gasteiger partial charge in [0.2, 0.25) is 12.7 Å².